The lowest BCUT2D eigenvalue weighted by Gasteiger charge is -2.20. The molecular formula is C17H29N3O. The molecule has 0 aromatic heterocycles. The van der Waals surface area contributed by atoms with Gasteiger partial charge >= 0.3 is 0 Å². The normalized spacial score (nSPS) is 12.2. The number of nitrogens with zero attached hydrogens (tertiary/aromatic N) is 1. The summed E-state index contributed by atoms with van der Waals surface area (Å²) in [5.41, 5.74) is 0.974. The molecule has 4 heteroatoms. The van der Waals surface area contributed by atoms with Crippen molar-refractivity contribution in [1.29, 1.82) is 0 Å². The van der Waals surface area contributed by atoms with Crippen LogP contribution in [-0.4, -0.2) is 43.0 Å². The fraction of sp³-hybridized carbons (Fsp3) is 0.588. The van der Waals surface area contributed by atoms with E-state index in [1.807, 2.05) is 30.3 Å². The van der Waals surface area contributed by atoms with Crippen molar-refractivity contribution < 1.29 is 4.79 Å². The molecule has 1 unspecified atom stereocenters. The molecule has 1 amide bonds. The number of amides is 1. The van der Waals surface area contributed by atoms with Gasteiger partial charge in [-0.05, 0) is 51.5 Å². The number of carbonyl (C=O) groups excluding carboxylic acids is 1. The smallest absolute Gasteiger partial charge is 0.239 e. The summed E-state index contributed by atoms with van der Waals surface area (Å²) in [5.74, 6) is 0.0502. The second kappa shape index (κ2) is 10.2. The molecule has 0 radical (unpaired) electrons. The van der Waals surface area contributed by atoms with Crippen LogP contribution in [0.2, 0.25) is 0 Å². The van der Waals surface area contributed by atoms with E-state index in [-0.39, 0.29) is 11.9 Å². The lowest BCUT2D eigenvalue weighted by Crippen LogP contribution is -2.37. The Morgan fingerprint density at radius 3 is 2.48 bits per heavy atom. The number of benzene rings is 1. The van der Waals surface area contributed by atoms with Gasteiger partial charge in [-0.25, -0.2) is 0 Å². The Kier molecular flexibility index (Phi) is 8.51. The molecule has 4 nitrogen and oxygen atoms in total. The second-order valence-corrected chi connectivity index (χ2v) is 5.36. The first-order valence-electron chi connectivity index (χ1n) is 7.96. The first-order chi connectivity index (χ1) is 10.2. The van der Waals surface area contributed by atoms with Crippen LogP contribution in [0.5, 0.6) is 0 Å². The first-order valence-corrected chi connectivity index (χ1v) is 7.96. The van der Waals surface area contributed by atoms with Crippen LogP contribution in [-0.2, 0) is 4.79 Å². The van der Waals surface area contributed by atoms with E-state index >= 15 is 0 Å². The number of hydrogen-bond donors (Lipinski definition) is 2. The summed E-state index contributed by atoms with van der Waals surface area (Å²) >= 11 is 0. The minimum Gasteiger partial charge on any atom is -0.376 e. The highest BCUT2D eigenvalue weighted by atomic mass is 16.1. The van der Waals surface area contributed by atoms with E-state index in [1.165, 1.54) is 0 Å². The Bertz CT molecular complexity index is 390. The third-order valence-electron chi connectivity index (χ3n) is 3.64. The molecule has 1 aromatic carbocycles. The monoisotopic (exact) mass is 291 g/mol. The molecule has 0 aliphatic carbocycles. The van der Waals surface area contributed by atoms with Gasteiger partial charge in [0.05, 0.1) is 6.54 Å². The number of rotatable bonds is 10. The number of nitrogens with one attached hydrogen (secondary N) is 2. The van der Waals surface area contributed by atoms with Crippen molar-refractivity contribution in [2.45, 2.75) is 39.7 Å². The molecule has 1 rings (SSSR count). The van der Waals surface area contributed by atoms with Crippen LogP contribution < -0.4 is 10.6 Å². The van der Waals surface area contributed by atoms with Gasteiger partial charge in [-0.1, -0.05) is 32.0 Å². The third-order valence-corrected chi connectivity index (χ3v) is 3.64. The highest BCUT2D eigenvalue weighted by Crippen LogP contribution is 2.04. The Labute approximate surface area is 128 Å². The Hall–Kier alpha value is -1.55. The van der Waals surface area contributed by atoms with Crippen molar-refractivity contribution in [2.75, 3.05) is 31.5 Å². The predicted octanol–water partition coefficient (Wildman–Crippen LogP) is 2.73. The SMILES string of the molecule is CCN(CC)CCCC(C)NC(=O)CNc1ccccc1. The van der Waals surface area contributed by atoms with E-state index in [0.29, 0.717) is 6.54 Å². The van der Waals surface area contributed by atoms with E-state index < -0.39 is 0 Å². The second-order valence-electron chi connectivity index (χ2n) is 5.36. The van der Waals surface area contributed by atoms with Gasteiger partial charge in [-0.3, -0.25) is 4.79 Å². The number of hydrogen-bond acceptors (Lipinski definition) is 3. The molecule has 0 saturated heterocycles. The molecule has 2 N–H and O–H groups in total. The molecule has 0 aliphatic heterocycles. The van der Waals surface area contributed by atoms with Gasteiger partial charge in [0, 0.05) is 11.7 Å². The molecule has 21 heavy (non-hydrogen) atoms. The molecule has 0 saturated carbocycles. The van der Waals surface area contributed by atoms with Crippen LogP contribution in [0.4, 0.5) is 5.69 Å². The first kappa shape index (κ1) is 17.5. The molecule has 0 aliphatic rings. The highest BCUT2D eigenvalue weighted by Gasteiger charge is 2.07. The quantitative estimate of drug-likeness (QED) is 0.696. The fourth-order valence-electron chi connectivity index (χ4n) is 2.30. The molecule has 0 spiro atoms. The topological polar surface area (TPSA) is 44.4 Å². The van der Waals surface area contributed by atoms with Crippen LogP contribution in [0.3, 0.4) is 0 Å². The van der Waals surface area contributed by atoms with Crippen LogP contribution >= 0.6 is 0 Å². The summed E-state index contributed by atoms with van der Waals surface area (Å²) in [4.78, 5) is 14.3. The Balaban J connectivity index is 2.15. The summed E-state index contributed by atoms with van der Waals surface area (Å²) in [5, 5.41) is 6.16. The molecule has 1 aromatic rings. The maximum Gasteiger partial charge on any atom is 0.239 e. The van der Waals surface area contributed by atoms with E-state index in [4.69, 9.17) is 0 Å². The van der Waals surface area contributed by atoms with Crippen molar-refractivity contribution in [2.24, 2.45) is 0 Å². The number of carbonyl (C=O) groups is 1. The highest BCUT2D eigenvalue weighted by molar-refractivity contribution is 5.80. The Morgan fingerprint density at radius 1 is 1.19 bits per heavy atom. The summed E-state index contributed by atoms with van der Waals surface area (Å²) in [7, 11) is 0. The van der Waals surface area contributed by atoms with Crippen molar-refractivity contribution in [3.05, 3.63) is 30.3 Å². The third kappa shape index (κ3) is 7.71. The largest absolute Gasteiger partial charge is 0.376 e. The Morgan fingerprint density at radius 2 is 1.86 bits per heavy atom. The molecule has 0 heterocycles. The van der Waals surface area contributed by atoms with Crippen LogP contribution in [0.1, 0.15) is 33.6 Å². The van der Waals surface area contributed by atoms with Crippen LogP contribution in [0, 0.1) is 0 Å². The van der Waals surface area contributed by atoms with Crippen molar-refractivity contribution in [1.82, 2.24) is 10.2 Å². The minimum atomic E-state index is 0.0502. The van der Waals surface area contributed by atoms with Gasteiger partial charge in [-0.15, -0.1) is 0 Å². The average Bonchev–Trinajstić information content (AvgIpc) is 2.50. The van der Waals surface area contributed by atoms with Crippen molar-refractivity contribution >= 4 is 11.6 Å². The summed E-state index contributed by atoms with van der Waals surface area (Å²) in [6, 6.07) is 10.0. The molecule has 0 fully saturated rings. The zero-order valence-corrected chi connectivity index (χ0v) is 13.6. The minimum absolute atomic E-state index is 0.0502. The lowest BCUT2D eigenvalue weighted by atomic mass is 10.1. The van der Waals surface area contributed by atoms with Gasteiger partial charge in [-0.2, -0.15) is 0 Å². The van der Waals surface area contributed by atoms with Crippen molar-refractivity contribution in [3.8, 4) is 0 Å². The number of para-hydroxylation sites is 1. The summed E-state index contributed by atoms with van der Waals surface area (Å²) in [6.07, 6.45) is 2.14. The number of anilines is 1. The van der Waals surface area contributed by atoms with Gasteiger partial charge in [0.25, 0.3) is 0 Å². The van der Waals surface area contributed by atoms with Gasteiger partial charge in [0.2, 0.25) is 5.91 Å². The van der Waals surface area contributed by atoms with E-state index in [9.17, 15) is 4.79 Å². The zero-order valence-electron chi connectivity index (χ0n) is 13.6. The standard InChI is InChI=1S/C17H29N3O/c1-4-20(5-2)13-9-10-15(3)19-17(21)14-18-16-11-7-6-8-12-16/h6-8,11-12,15,18H,4-5,9-10,13-14H2,1-3H3,(H,19,21). The van der Waals surface area contributed by atoms with E-state index in [0.717, 1.165) is 38.2 Å². The summed E-state index contributed by atoms with van der Waals surface area (Å²) in [6.45, 7) is 10.1. The molecule has 1 atom stereocenters. The zero-order chi connectivity index (χ0) is 15.5. The van der Waals surface area contributed by atoms with Gasteiger partial charge in [0.15, 0.2) is 0 Å². The van der Waals surface area contributed by atoms with Gasteiger partial charge < -0.3 is 15.5 Å². The fourth-order valence-corrected chi connectivity index (χ4v) is 2.30. The van der Waals surface area contributed by atoms with Crippen LogP contribution in [0.15, 0.2) is 30.3 Å². The predicted molar refractivity (Wildman–Crippen MR) is 89.6 cm³/mol. The van der Waals surface area contributed by atoms with Crippen LogP contribution in [0.25, 0.3) is 0 Å². The maximum absolute atomic E-state index is 11.9. The van der Waals surface area contributed by atoms with Crippen molar-refractivity contribution in [3.63, 3.8) is 0 Å². The molecule has 0 bridgehead atoms. The molecular weight excluding hydrogens is 262 g/mol. The molecule has 118 valence electrons. The lowest BCUT2D eigenvalue weighted by molar-refractivity contribution is -0.120. The average molecular weight is 291 g/mol. The summed E-state index contributed by atoms with van der Waals surface area (Å²) < 4.78 is 0. The van der Waals surface area contributed by atoms with E-state index in [1.54, 1.807) is 0 Å². The maximum atomic E-state index is 11.9. The van der Waals surface area contributed by atoms with Gasteiger partial charge in [0.1, 0.15) is 0 Å². The van der Waals surface area contributed by atoms with E-state index in [2.05, 4.69) is 36.3 Å².